The van der Waals surface area contributed by atoms with Gasteiger partial charge in [0.15, 0.2) is 5.75 Å². The molecule has 1 saturated carbocycles. The fraction of sp³-hybridized carbons (Fsp3) is 0.400. The van der Waals surface area contributed by atoms with E-state index in [0.29, 0.717) is 0 Å². The van der Waals surface area contributed by atoms with Gasteiger partial charge >= 0.3 is 5.97 Å². The summed E-state index contributed by atoms with van der Waals surface area (Å²) >= 11 is 12.6. The molecule has 188 valence electrons. The Morgan fingerprint density at radius 2 is 1.63 bits per heavy atom. The Balaban J connectivity index is 1.77. The average molecular weight is 523 g/mol. The van der Waals surface area contributed by atoms with Gasteiger partial charge in [-0.25, -0.2) is 0 Å². The number of rotatable bonds is 7. The summed E-state index contributed by atoms with van der Waals surface area (Å²) < 4.78 is 5.82. The number of carbonyl (C=O) groups is 3. The van der Waals surface area contributed by atoms with Gasteiger partial charge in [-0.15, -0.1) is 0 Å². The summed E-state index contributed by atoms with van der Waals surface area (Å²) in [6.45, 7) is 0. The molecular formula is C25H28Cl2N2O6. The largest absolute Gasteiger partial charge is 0.507 e. The maximum atomic E-state index is 13.2. The summed E-state index contributed by atoms with van der Waals surface area (Å²) in [5.41, 5.74) is 0.317. The van der Waals surface area contributed by atoms with Crippen molar-refractivity contribution >= 4 is 46.7 Å². The third-order valence-electron chi connectivity index (χ3n) is 5.95. The Morgan fingerprint density at radius 1 is 1.03 bits per heavy atom. The van der Waals surface area contributed by atoms with Gasteiger partial charge in [-0.1, -0.05) is 55.3 Å². The maximum Gasteiger partial charge on any atom is 0.312 e. The van der Waals surface area contributed by atoms with Crippen LogP contribution in [-0.4, -0.2) is 46.0 Å². The number of hydrogen-bond donors (Lipinski definition) is 3. The summed E-state index contributed by atoms with van der Waals surface area (Å²) in [6.07, 6.45) is 6.85. The molecule has 2 aromatic carbocycles. The molecule has 1 aliphatic rings. The lowest BCUT2D eigenvalue weighted by atomic mass is 9.95. The molecule has 0 atom stereocenters. The predicted octanol–water partition coefficient (Wildman–Crippen LogP) is 6.09. The van der Waals surface area contributed by atoms with E-state index in [1.54, 1.807) is 11.9 Å². The number of benzene rings is 2. The van der Waals surface area contributed by atoms with Crippen LogP contribution in [0.2, 0.25) is 10.0 Å². The van der Waals surface area contributed by atoms with Gasteiger partial charge < -0.3 is 25.2 Å². The van der Waals surface area contributed by atoms with Crippen molar-refractivity contribution in [3.05, 3.63) is 45.9 Å². The fourth-order valence-electron chi connectivity index (χ4n) is 4.12. The number of ether oxygens (including phenoxy) is 1. The highest BCUT2D eigenvalue weighted by molar-refractivity contribution is 6.37. The number of hydrogen-bond acceptors (Lipinski definition) is 5. The monoisotopic (exact) mass is 522 g/mol. The minimum atomic E-state index is -1.27. The Morgan fingerprint density at radius 3 is 2.23 bits per heavy atom. The maximum absolute atomic E-state index is 13.2. The highest BCUT2D eigenvalue weighted by atomic mass is 35.5. The third-order valence-corrected chi connectivity index (χ3v) is 6.52. The first kappa shape index (κ1) is 26.6. The number of aliphatic carboxylic acids is 1. The number of carboxylic acid groups (broad SMARTS) is 1. The molecule has 0 saturated heterocycles. The van der Waals surface area contributed by atoms with Crippen LogP contribution in [0.4, 0.5) is 5.69 Å². The third kappa shape index (κ3) is 7.26. The standard InChI is InChI=1S/C25H28Cl2N2O6/c1-29(16-7-5-3-2-4-6-8-16)25(34)18-13-17(9-10-21(18)30)35-24-19(26)11-15(12-20(24)27)28-22(31)14-23(32)33/h9-13,16,30H,2-8,14H2,1H3,(H,28,31)(H,32,33). The molecule has 0 radical (unpaired) electrons. The molecule has 0 unspecified atom stereocenters. The summed E-state index contributed by atoms with van der Waals surface area (Å²) in [5.74, 6) is -2.13. The normalized spacial score (nSPS) is 14.5. The summed E-state index contributed by atoms with van der Waals surface area (Å²) in [7, 11) is 1.76. The van der Waals surface area contributed by atoms with Crippen molar-refractivity contribution in [3.63, 3.8) is 0 Å². The topological polar surface area (TPSA) is 116 Å². The molecule has 2 aromatic rings. The number of anilines is 1. The van der Waals surface area contributed by atoms with Crippen molar-refractivity contribution in [1.29, 1.82) is 0 Å². The number of carboxylic acids is 1. The van der Waals surface area contributed by atoms with Gasteiger partial charge in [0.25, 0.3) is 5.91 Å². The van der Waals surface area contributed by atoms with Crippen LogP contribution >= 0.6 is 23.2 Å². The lowest BCUT2D eigenvalue weighted by molar-refractivity contribution is -0.139. The van der Waals surface area contributed by atoms with E-state index in [1.807, 2.05) is 0 Å². The first-order valence-electron chi connectivity index (χ1n) is 11.4. The number of phenolic OH excluding ortho intramolecular Hbond substituents is 1. The van der Waals surface area contributed by atoms with E-state index in [-0.39, 0.29) is 50.5 Å². The van der Waals surface area contributed by atoms with Crippen molar-refractivity contribution in [2.75, 3.05) is 12.4 Å². The minimum absolute atomic E-state index is 0.0655. The van der Waals surface area contributed by atoms with E-state index in [0.717, 1.165) is 38.5 Å². The Kier molecular flexibility index (Phi) is 9.23. The van der Waals surface area contributed by atoms with Crippen LogP contribution in [0.15, 0.2) is 30.3 Å². The van der Waals surface area contributed by atoms with E-state index < -0.39 is 18.3 Å². The fourth-order valence-corrected chi connectivity index (χ4v) is 4.68. The van der Waals surface area contributed by atoms with Gasteiger partial charge in [0.1, 0.15) is 17.9 Å². The van der Waals surface area contributed by atoms with Crippen LogP contribution in [0.1, 0.15) is 61.7 Å². The van der Waals surface area contributed by atoms with Gasteiger partial charge in [-0.05, 0) is 43.2 Å². The average Bonchev–Trinajstić information content (AvgIpc) is 2.75. The lowest BCUT2D eigenvalue weighted by Gasteiger charge is -2.30. The molecule has 1 aliphatic carbocycles. The predicted molar refractivity (Wildman–Crippen MR) is 134 cm³/mol. The number of phenols is 1. The molecular weight excluding hydrogens is 495 g/mol. The molecule has 0 bridgehead atoms. The molecule has 3 rings (SSSR count). The van der Waals surface area contributed by atoms with Crippen LogP contribution in [-0.2, 0) is 9.59 Å². The lowest BCUT2D eigenvalue weighted by Crippen LogP contribution is -2.37. The second-order valence-electron chi connectivity index (χ2n) is 8.58. The number of carbonyl (C=O) groups excluding carboxylic acids is 2. The molecule has 0 aliphatic heterocycles. The molecule has 8 nitrogen and oxygen atoms in total. The van der Waals surface area contributed by atoms with Crippen molar-refractivity contribution in [2.45, 2.75) is 57.4 Å². The highest BCUT2D eigenvalue weighted by Gasteiger charge is 2.24. The van der Waals surface area contributed by atoms with Gasteiger partial charge in [-0.2, -0.15) is 0 Å². The van der Waals surface area contributed by atoms with Crippen LogP contribution in [0.25, 0.3) is 0 Å². The number of amides is 2. The summed E-state index contributed by atoms with van der Waals surface area (Å²) in [6, 6.07) is 7.15. The number of aromatic hydroxyl groups is 1. The van der Waals surface area contributed by atoms with E-state index in [4.69, 9.17) is 33.0 Å². The summed E-state index contributed by atoms with van der Waals surface area (Å²) in [4.78, 5) is 37.3. The first-order chi connectivity index (χ1) is 16.7. The van der Waals surface area contributed by atoms with E-state index in [1.165, 1.54) is 36.8 Å². The molecule has 0 aromatic heterocycles. The van der Waals surface area contributed by atoms with Gasteiger partial charge in [-0.3, -0.25) is 14.4 Å². The zero-order chi connectivity index (χ0) is 25.5. The molecule has 2 amide bonds. The zero-order valence-electron chi connectivity index (χ0n) is 19.4. The van der Waals surface area contributed by atoms with Crippen molar-refractivity contribution in [1.82, 2.24) is 4.90 Å². The molecule has 10 heteroatoms. The quantitative estimate of drug-likeness (QED) is 0.379. The smallest absolute Gasteiger partial charge is 0.312 e. The number of nitrogens with one attached hydrogen (secondary N) is 1. The van der Waals surface area contributed by atoms with E-state index in [2.05, 4.69) is 5.32 Å². The van der Waals surface area contributed by atoms with Crippen LogP contribution in [0, 0.1) is 0 Å². The van der Waals surface area contributed by atoms with Crippen molar-refractivity contribution in [2.24, 2.45) is 0 Å². The van der Waals surface area contributed by atoms with Crippen LogP contribution < -0.4 is 10.1 Å². The molecule has 3 N–H and O–H groups in total. The summed E-state index contributed by atoms with van der Waals surface area (Å²) in [5, 5.41) is 21.6. The number of nitrogens with zero attached hydrogens (tertiary/aromatic N) is 1. The minimum Gasteiger partial charge on any atom is -0.507 e. The van der Waals surface area contributed by atoms with Crippen LogP contribution in [0.3, 0.4) is 0 Å². The van der Waals surface area contributed by atoms with Gasteiger partial charge in [0, 0.05) is 18.8 Å². The Hall–Kier alpha value is -2.97. The SMILES string of the molecule is CN(C(=O)c1cc(Oc2c(Cl)cc(NC(=O)CC(=O)O)cc2Cl)ccc1O)C1CCCCCCC1. The zero-order valence-corrected chi connectivity index (χ0v) is 20.9. The number of halogens is 2. The van der Waals surface area contributed by atoms with Crippen molar-refractivity contribution < 1.29 is 29.3 Å². The van der Waals surface area contributed by atoms with E-state index >= 15 is 0 Å². The first-order valence-corrected chi connectivity index (χ1v) is 12.2. The molecule has 0 heterocycles. The molecule has 0 spiro atoms. The Labute approximate surface area is 213 Å². The Bertz CT molecular complexity index is 1080. The van der Waals surface area contributed by atoms with Gasteiger partial charge in [0.05, 0.1) is 15.6 Å². The molecule has 35 heavy (non-hydrogen) atoms. The molecule has 1 fully saturated rings. The van der Waals surface area contributed by atoms with Gasteiger partial charge in [0.2, 0.25) is 5.91 Å². The second-order valence-corrected chi connectivity index (χ2v) is 9.40. The highest BCUT2D eigenvalue weighted by Crippen LogP contribution is 2.40. The van der Waals surface area contributed by atoms with Crippen LogP contribution in [0.5, 0.6) is 17.2 Å². The second kappa shape index (κ2) is 12.1. The van der Waals surface area contributed by atoms with E-state index in [9.17, 15) is 19.5 Å². The van der Waals surface area contributed by atoms with Crippen molar-refractivity contribution in [3.8, 4) is 17.2 Å².